The molecule has 34 heavy (non-hydrogen) atoms. The monoisotopic (exact) mass is 503 g/mol. The highest BCUT2D eigenvalue weighted by atomic mass is 31.2. The molecule has 0 saturated carbocycles. The lowest BCUT2D eigenvalue weighted by Crippen LogP contribution is -2.33. The number of aliphatic hydroxyl groups is 3. The smallest absolute Gasteiger partial charge is 0.504 e. The molecule has 3 aromatic rings. The first-order chi connectivity index (χ1) is 16.0. The van der Waals surface area contributed by atoms with Crippen LogP contribution in [0.15, 0.2) is 18.7 Å². The third kappa shape index (κ3) is 4.35. The molecule has 1 fully saturated rings. The number of benzene rings is 1. The SMILES string of the molecule is O=P(O)(O)Oc1cc(F)c(O)c(CNc2ncnc3c2ncn3[C@@H]2O[C@H](CO)[C@@H](O)[C@H]2O)c1O. The molecule has 4 atom stereocenters. The van der Waals surface area contributed by atoms with E-state index in [2.05, 4.69) is 24.8 Å². The van der Waals surface area contributed by atoms with E-state index in [1.807, 2.05) is 0 Å². The van der Waals surface area contributed by atoms with Crippen molar-refractivity contribution in [2.24, 2.45) is 0 Å². The average molecular weight is 503 g/mol. The first kappa shape index (κ1) is 24.0. The molecular weight excluding hydrogens is 484 g/mol. The highest BCUT2D eigenvalue weighted by Crippen LogP contribution is 2.46. The summed E-state index contributed by atoms with van der Waals surface area (Å²) in [6.07, 6.45) is -2.54. The number of nitrogens with one attached hydrogen (secondary N) is 1. The minimum atomic E-state index is -5.13. The Labute approximate surface area is 188 Å². The van der Waals surface area contributed by atoms with Crippen molar-refractivity contribution in [3.8, 4) is 17.2 Å². The molecule has 0 amide bonds. The number of phosphoric acid groups is 1. The lowest BCUT2D eigenvalue weighted by molar-refractivity contribution is -0.0511. The van der Waals surface area contributed by atoms with Crippen molar-refractivity contribution >= 4 is 24.8 Å². The number of aliphatic hydroxyl groups excluding tert-OH is 3. The molecule has 0 unspecified atom stereocenters. The number of rotatable bonds is 7. The fourth-order valence-electron chi connectivity index (χ4n) is 3.47. The molecule has 8 N–H and O–H groups in total. The van der Waals surface area contributed by atoms with E-state index in [0.29, 0.717) is 6.07 Å². The normalized spacial score (nSPS) is 22.9. The summed E-state index contributed by atoms with van der Waals surface area (Å²) >= 11 is 0. The topological polar surface area (TPSA) is 233 Å². The van der Waals surface area contributed by atoms with Crippen molar-refractivity contribution in [1.82, 2.24) is 19.5 Å². The van der Waals surface area contributed by atoms with Crippen LogP contribution >= 0.6 is 7.82 Å². The van der Waals surface area contributed by atoms with Gasteiger partial charge in [0, 0.05) is 12.6 Å². The Morgan fingerprint density at radius 2 is 1.91 bits per heavy atom. The summed E-state index contributed by atoms with van der Waals surface area (Å²) in [6, 6.07) is 0.415. The van der Waals surface area contributed by atoms with E-state index in [9.17, 15) is 34.5 Å². The minimum absolute atomic E-state index is 0.0380. The molecule has 0 radical (unpaired) electrons. The van der Waals surface area contributed by atoms with Crippen LogP contribution in [0.2, 0.25) is 0 Å². The van der Waals surface area contributed by atoms with Crippen LogP contribution in [-0.2, 0) is 15.8 Å². The van der Waals surface area contributed by atoms with E-state index in [1.165, 1.54) is 10.9 Å². The number of fused-ring (bicyclic) bond motifs is 1. The van der Waals surface area contributed by atoms with E-state index in [-0.39, 0.29) is 17.0 Å². The van der Waals surface area contributed by atoms with Crippen LogP contribution in [0.3, 0.4) is 0 Å². The summed E-state index contributed by atoms with van der Waals surface area (Å²) in [6.45, 7) is -1.02. The van der Waals surface area contributed by atoms with Crippen LogP contribution < -0.4 is 9.84 Å². The molecular formula is C17H19FN5O10P. The molecule has 0 aliphatic carbocycles. The average Bonchev–Trinajstić information content (AvgIpc) is 3.32. The number of aromatic nitrogens is 4. The van der Waals surface area contributed by atoms with Crippen LogP contribution in [0, 0.1) is 5.82 Å². The number of halogens is 1. The zero-order valence-electron chi connectivity index (χ0n) is 16.9. The molecule has 3 heterocycles. The summed E-state index contributed by atoms with van der Waals surface area (Å²) < 4.78 is 36.1. The van der Waals surface area contributed by atoms with E-state index in [0.717, 1.165) is 6.33 Å². The van der Waals surface area contributed by atoms with Crippen LogP contribution in [0.25, 0.3) is 11.2 Å². The Bertz CT molecular complexity index is 1270. The quantitative estimate of drug-likeness (QED) is 0.182. The van der Waals surface area contributed by atoms with Crippen molar-refractivity contribution < 1.29 is 53.5 Å². The number of anilines is 1. The minimum Gasteiger partial charge on any atom is -0.504 e. The molecule has 184 valence electrons. The standard InChI is InChI=1S/C17H19FN5O10P/c18-7-1-8(33-34(29,30)31)12(26)6(11(7)25)2-19-15-10-16(21-4-20-15)23(5-22-10)17-14(28)13(27)9(3-24)32-17/h1,4-5,9,13-14,17,24-28H,2-3H2,(H,19,20,21)(H2,29,30,31)/t9-,13-,14-,17-/m1/s1. The van der Waals surface area contributed by atoms with Crippen molar-refractivity contribution in [3.63, 3.8) is 0 Å². The number of ether oxygens (including phenoxy) is 1. The van der Waals surface area contributed by atoms with Gasteiger partial charge in [0.15, 0.2) is 46.3 Å². The van der Waals surface area contributed by atoms with Gasteiger partial charge in [0.2, 0.25) is 0 Å². The van der Waals surface area contributed by atoms with Crippen molar-refractivity contribution in [2.45, 2.75) is 31.1 Å². The second kappa shape index (κ2) is 8.92. The predicted octanol–water partition coefficient (Wildman–Crippen LogP) is -0.928. The van der Waals surface area contributed by atoms with Crippen molar-refractivity contribution in [1.29, 1.82) is 0 Å². The van der Waals surface area contributed by atoms with E-state index < -0.39 is 74.1 Å². The van der Waals surface area contributed by atoms with Gasteiger partial charge >= 0.3 is 7.82 Å². The first-order valence-corrected chi connectivity index (χ1v) is 11.1. The number of aromatic hydroxyl groups is 2. The second-order valence-corrected chi connectivity index (χ2v) is 8.41. The summed E-state index contributed by atoms with van der Waals surface area (Å²) in [7, 11) is -5.13. The zero-order chi connectivity index (χ0) is 24.8. The molecule has 4 rings (SSSR count). The number of hydrogen-bond donors (Lipinski definition) is 8. The molecule has 0 bridgehead atoms. The summed E-state index contributed by atoms with van der Waals surface area (Å²) in [4.78, 5) is 30.0. The second-order valence-electron chi connectivity index (χ2n) is 7.24. The Hall–Kier alpha value is -3.11. The van der Waals surface area contributed by atoms with E-state index in [1.54, 1.807) is 0 Å². The number of hydrogen-bond acceptors (Lipinski definition) is 12. The third-order valence-electron chi connectivity index (χ3n) is 5.09. The van der Waals surface area contributed by atoms with Crippen LogP contribution in [0.5, 0.6) is 17.2 Å². The van der Waals surface area contributed by atoms with Crippen LogP contribution in [0.1, 0.15) is 11.8 Å². The largest absolute Gasteiger partial charge is 0.524 e. The number of nitrogens with zero attached hydrogens (tertiary/aromatic N) is 4. The van der Waals surface area contributed by atoms with Gasteiger partial charge < -0.3 is 40.1 Å². The lowest BCUT2D eigenvalue weighted by atomic mass is 10.1. The highest BCUT2D eigenvalue weighted by molar-refractivity contribution is 7.46. The van der Waals surface area contributed by atoms with Gasteiger partial charge in [-0.2, -0.15) is 0 Å². The Morgan fingerprint density at radius 3 is 2.56 bits per heavy atom. The van der Waals surface area contributed by atoms with Gasteiger partial charge in [0.25, 0.3) is 0 Å². The van der Waals surface area contributed by atoms with E-state index in [4.69, 9.17) is 14.5 Å². The predicted molar refractivity (Wildman–Crippen MR) is 108 cm³/mol. The lowest BCUT2D eigenvalue weighted by Gasteiger charge is -2.16. The summed E-state index contributed by atoms with van der Waals surface area (Å²) in [5.74, 6) is -4.07. The Morgan fingerprint density at radius 1 is 1.18 bits per heavy atom. The molecule has 1 aromatic carbocycles. The highest BCUT2D eigenvalue weighted by Gasteiger charge is 2.44. The summed E-state index contributed by atoms with van der Waals surface area (Å²) in [5.41, 5.74) is -0.217. The van der Waals surface area contributed by atoms with Gasteiger partial charge in [0.1, 0.15) is 24.6 Å². The maximum atomic E-state index is 14.0. The van der Waals surface area contributed by atoms with Gasteiger partial charge in [-0.25, -0.2) is 23.9 Å². The molecule has 1 aliphatic heterocycles. The maximum Gasteiger partial charge on any atom is 0.524 e. The molecule has 0 spiro atoms. The summed E-state index contributed by atoms with van der Waals surface area (Å²) in [5, 5.41) is 52.4. The number of imidazole rings is 1. The molecule has 17 heteroatoms. The molecule has 2 aromatic heterocycles. The van der Waals surface area contributed by atoms with Crippen LogP contribution in [0.4, 0.5) is 10.2 Å². The van der Waals surface area contributed by atoms with Gasteiger partial charge in [0.05, 0.1) is 18.5 Å². The zero-order valence-corrected chi connectivity index (χ0v) is 17.8. The first-order valence-electron chi connectivity index (χ1n) is 9.54. The molecule has 15 nitrogen and oxygen atoms in total. The van der Waals surface area contributed by atoms with Crippen LogP contribution in [-0.4, -0.2) is 79.8 Å². The van der Waals surface area contributed by atoms with Crippen molar-refractivity contribution in [3.05, 3.63) is 30.1 Å². The number of phenols is 2. The number of phenolic OH excluding ortho intramolecular Hbond substituents is 2. The fraction of sp³-hybridized carbons (Fsp3) is 0.353. The van der Waals surface area contributed by atoms with E-state index >= 15 is 0 Å². The van der Waals surface area contributed by atoms with Gasteiger partial charge in [-0.3, -0.25) is 14.4 Å². The van der Waals surface area contributed by atoms with Gasteiger partial charge in [-0.05, 0) is 0 Å². The Kier molecular flexibility index (Phi) is 6.30. The fourth-order valence-corrected chi connectivity index (χ4v) is 3.87. The van der Waals surface area contributed by atoms with Gasteiger partial charge in [-0.15, -0.1) is 0 Å². The number of phosphoric ester groups is 1. The molecule has 1 saturated heterocycles. The Balaban J connectivity index is 1.63. The maximum absolute atomic E-state index is 14.0. The van der Waals surface area contributed by atoms with Crippen molar-refractivity contribution in [2.75, 3.05) is 11.9 Å². The molecule has 1 aliphatic rings. The van der Waals surface area contributed by atoms with Gasteiger partial charge in [-0.1, -0.05) is 0 Å². The third-order valence-corrected chi connectivity index (χ3v) is 5.52.